The minimum Gasteiger partial charge on any atom is -0.493 e. The van der Waals surface area contributed by atoms with E-state index >= 15 is 0 Å². The molecular weight excluding hydrogens is 318 g/mol. The van der Waals surface area contributed by atoms with Gasteiger partial charge in [-0.05, 0) is 43.3 Å². The van der Waals surface area contributed by atoms with E-state index in [9.17, 15) is 9.59 Å². The number of amides is 1. The molecule has 5 nitrogen and oxygen atoms in total. The molecule has 0 fully saturated rings. The smallest absolute Gasteiger partial charge is 0.265 e. The number of rotatable bonds is 6. The third-order valence-electron chi connectivity index (χ3n) is 3.09. The van der Waals surface area contributed by atoms with Crippen LogP contribution in [0.5, 0.6) is 11.5 Å². The molecule has 120 valence electrons. The zero-order valence-electron chi connectivity index (χ0n) is 12.7. The fourth-order valence-corrected chi connectivity index (χ4v) is 2.10. The number of carbonyl (C=O) groups excluding carboxylic acids is 2. The summed E-state index contributed by atoms with van der Waals surface area (Å²) in [5, 5.41) is 3.25. The molecule has 1 atom stereocenters. The third kappa shape index (κ3) is 4.47. The van der Waals surface area contributed by atoms with Crippen molar-refractivity contribution < 1.29 is 19.1 Å². The van der Waals surface area contributed by atoms with Gasteiger partial charge in [-0.3, -0.25) is 9.59 Å². The van der Waals surface area contributed by atoms with Crippen molar-refractivity contribution in [2.45, 2.75) is 13.0 Å². The molecule has 0 unspecified atom stereocenters. The summed E-state index contributed by atoms with van der Waals surface area (Å²) in [6.45, 7) is 1.62. The van der Waals surface area contributed by atoms with Crippen molar-refractivity contribution in [3.63, 3.8) is 0 Å². The zero-order chi connectivity index (χ0) is 16.8. The average molecular weight is 334 g/mol. The molecule has 2 rings (SSSR count). The second-order valence-electron chi connectivity index (χ2n) is 4.79. The van der Waals surface area contributed by atoms with Crippen LogP contribution in [0.25, 0.3) is 0 Å². The molecule has 1 N–H and O–H groups in total. The molecule has 0 bridgehead atoms. The van der Waals surface area contributed by atoms with Crippen LogP contribution in [-0.4, -0.2) is 25.4 Å². The summed E-state index contributed by atoms with van der Waals surface area (Å²) in [6.07, 6.45) is -0.0494. The minimum atomic E-state index is -0.759. The van der Waals surface area contributed by atoms with E-state index in [4.69, 9.17) is 21.1 Å². The van der Waals surface area contributed by atoms with Crippen LogP contribution >= 0.6 is 11.6 Å². The van der Waals surface area contributed by atoms with E-state index in [0.29, 0.717) is 34.1 Å². The summed E-state index contributed by atoms with van der Waals surface area (Å²) in [7, 11) is 1.47. The standard InChI is InChI=1S/C17H16ClNO4/c1-11(17(21)19-14-5-3-4-13(18)9-14)23-15-7-6-12(10-20)8-16(15)22-2/h3-11H,1-2H3,(H,19,21)/t11-/m0/s1. The number of ether oxygens (including phenoxy) is 2. The van der Waals surface area contributed by atoms with Crippen molar-refractivity contribution in [1.82, 2.24) is 0 Å². The van der Waals surface area contributed by atoms with Gasteiger partial charge in [-0.25, -0.2) is 0 Å². The second kappa shape index (κ2) is 7.65. The lowest BCUT2D eigenvalue weighted by Gasteiger charge is -2.17. The van der Waals surface area contributed by atoms with Gasteiger partial charge in [-0.2, -0.15) is 0 Å². The quantitative estimate of drug-likeness (QED) is 0.821. The molecule has 0 spiro atoms. The lowest BCUT2D eigenvalue weighted by Crippen LogP contribution is -2.30. The molecule has 0 saturated carbocycles. The molecule has 0 aromatic heterocycles. The first-order valence-corrected chi connectivity index (χ1v) is 7.27. The largest absolute Gasteiger partial charge is 0.493 e. The number of anilines is 1. The van der Waals surface area contributed by atoms with Crippen molar-refractivity contribution in [3.8, 4) is 11.5 Å². The van der Waals surface area contributed by atoms with Crippen molar-refractivity contribution in [2.24, 2.45) is 0 Å². The number of hydrogen-bond donors (Lipinski definition) is 1. The summed E-state index contributed by atoms with van der Waals surface area (Å²) in [5.74, 6) is 0.442. The molecule has 0 saturated heterocycles. The maximum atomic E-state index is 12.2. The summed E-state index contributed by atoms with van der Waals surface area (Å²) >= 11 is 5.88. The molecule has 0 radical (unpaired) electrons. The number of carbonyl (C=O) groups is 2. The Morgan fingerprint density at radius 1 is 1.22 bits per heavy atom. The van der Waals surface area contributed by atoms with E-state index in [2.05, 4.69) is 5.32 Å². The Kier molecular flexibility index (Phi) is 5.60. The number of nitrogens with one attached hydrogen (secondary N) is 1. The van der Waals surface area contributed by atoms with Crippen LogP contribution in [0.15, 0.2) is 42.5 Å². The highest BCUT2D eigenvalue weighted by Crippen LogP contribution is 2.28. The maximum absolute atomic E-state index is 12.2. The summed E-state index contributed by atoms with van der Waals surface area (Å²) in [6, 6.07) is 11.6. The molecule has 0 heterocycles. The Morgan fingerprint density at radius 3 is 2.65 bits per heavy atom. The fourth-order valence-electron chi connectivity index (χ4n) is 1.91. The highest BCUT2D eigenvalue weighted by atomic mass is 35.5. The number of halogens is 1. The van der Waals surface area contributed by atoms with E-state index < -0.39 is 6.10 Å². The highest BCUT2D eigenvalue weighted by Gasteiger charge is 2.17. The zero-order valence-corrected chi connectivity index (χ0v) is 13.5. The Bertz CT molecular complexity index is 717. The van der Waals surface area contributed by atoms with Crippen LogP contribution in [0.1, 0.15) is 17.3 Å². The van der Waals surface area contributed by atoms with Gasteiger partial charge in [-0.1, -0.05) is 17.7 Å². The first-order valence-electron chi connectivity index (χ1n) is 6.90. The van der Waals surface area contributed by atoms with Gasteiger partial charge in [0.1, 0.15) is 6.29 Å². The normalized spacial score (nSPS) is 11.4. The molecule has 0 aliphatic heterocycles. The Morgan fingerprint density at radius 2 is 2.00 bits per heavy atom. The molecule has 0 aliphatic carbocycles. The predicted molar refractivity (Wildman–Crippen MR) is 88.6 cm³/mol. The van der Waals surface area contributed by atoms with Gasteiger partial charge in [0, 0.05) is 16.3 Å². The predicted octanol–water partition coefficient (Wildman–Crippen LogP) is 3.57. The summed E-state index contributed by atoms with van der Waals surface area (Å²) in [4.78, 5) is 23.0. The van der Waals surface area contributed by atoms with Gasteiger partial charge in [-0.15, -0.1) is 0 Å². The molecular formula is C17H16ClNO4. The summed E-state index contributed by atoms with van der Waals surface area (Å²) in [5.41, 5.74) is 1.05. The number of benzene rings is 2. The van der Waals surface area contributed by atoms with Crippen LogP contribution in [0, 0.1) is 0 Å². The van der Waals surface area contributed by atoms with E-state index in [0.717, 1.165) is 0 Å². The van der Waals surface area contributed by atoms with Gasteiger partial charge in [0.2, 0.25) is 0 Å². The molecule has 2 aromatic carbocycles. The van der Waals surface area contributed by atoms with Crippen molar-refractivity contribution in [3.05, 3.63) is 53.1 Å². The molecule has 6 heteroatoms. The Labute approximate surface area is 139 Å². The monoisotopic (exact) mass is 333 g/mol. The van der Waals surface area contributed by atoms with Gasteiger partial charge in [0.05, 0.1) is 7.11 Å². The van der Waals surface area contributed by atoms with E-state index in [1.807, 2.05) is 0 Å². The van der Waals surface area contributed by atoms with Crippen LogP contribution in [0.3, 0.4) is 0 Å². The number of aldehydes is 1. The van der Waals surface area contributed by atoms with Gasteiger partial charge >= 0.3 is 0 Å². The van der Waals surface area contributed by atoms with Gasteiger partial charge in [0.25, 0.3) is 5.91 Å². The topological polar surface area (TPSA) is 64.6 Å². The minimum absolute atomic E-state index is 0.325. The number of methoxy groups -OCH3 is 1. The fraction of sp³-hybridized carbons (Fsp3) is 0.176. The van der Waals surface area contributed by atoms with Gasteiger partial charge < -0.3 is 14.8 Å². The lowest BCUT2D eigenvalue weighted by molar-refractivity contribution is -0.122. The molecule has 2 aromatic rings. The van der Waals surface area contributed by atoms with Crippen LogP contribution < -0.4 is 14.8 Å². The van der Waals surface area contributed by atoms with E-state index in [1.54, 1.807) is 49.4 Å². The first-order chi connectivity index (χ1) is 11.0. The van der Waals surface area contributed by atoms with Gasteiger partial charge in [0.15, 0.2) is 17.6 Å². The Balaban J connectivity index is 2.07. The molecule has 1 amide bonds. The van der Waals surface area contributed by atoms with Crippen molar-refractivity contribution in [1.29, 1.82) is 0 Å². The second-order valence-corrected chi connectivity index (χ2v) is 5.22. The van der Waals surface area contributed by atoms with Crippen LogP contribution in [0.4, 0.5) is 5.69 Å². The van der Waals surface area contributed by atoms with Crippen molar-refractivity contribution >= 4 is 29.5 Å². The molecule has 23 heavy (non-hydrogen) atoms. The first kappa shape index (κ1) is 16.8. The number of hydrogen-bond acceptors (Lipinski definition) is 4. The Hall–Kier alpha value is -2.53. The van der Waals surface area contributed by atoms with E-state index in [-0.39, 0.29) is 5.91 Å². The summed E-state index contributed by atoms with van der Waals surface area (Å²) < 4.78 is 10.8. The maximum Gasteiger partial charge on any atom is 0.265 e. The van der Waals surface area contributed by atoms with E-state index in [1.165, 1.54) is 7.11 Å². The lowest BCUT2D eigenvalue weighted by atomic mass is 10.2. The average Bonchev–Trinajstić information content (AvgIpc) is 2.55. The van der Waals surface area contributed by atoms with Crippen LogP contribution in [-0.2, 0) is 4.79 Å². The SMILES string of the molecule is COc1cc(C=O)ccc1O[C@@H](C)C(=O)Nc1cccc(Cl)c1. The third-order valence-corrected chi connectivity index (χ3v) is 3.32. The molecule has 0 aliphatic rings. The van der Waals surface area contributed by atoms with Crippen molar-refractivity contribution in [2.75, 3.05) is 12.4 Å². The highest BCUT2D eigenvalue weighted by molar-refractivity contribution is 6.30. The van der Waals surface area contributed by atoms with Crippen LogP contribution in [0.2, 0.25) is 5.02 Å².